The second-order valence-electron chi connectivity index (χ2n) is 2.44. The third kappa shape index (κ3) is 2.75. The Balaban J connectivity index is 2.93. The molecule has 0 aromatic heterocycles. The molecule has 0 atom stereocenters. The van der Waals surface area contributed by atoms with Gasteiger partial charge in [0.1, 0.15) is 0 Å². The van der Waals surface area contributed by atoms with Gasteiger partial charge in [-0.2, -0.15) is 0 Å². The molecule has 0 aliphatic carbocycles. The first kappa shape index (κ1) is 9.98. The van der Waals surface area contributed by atoms with E-state index in [0.29, 0.717) is 5.56 Å². The van der Waals surface area contributed by atoms with E-state index in [9.17, 15) is 9.59 Å². The highest BCUT2D eigenvalue weighted by Gasteiger charge is 2.07. The zero-order valence-electron chi connectivity index (χ0n) is 7.21. The average molecular weight is 192 g/mol. The molecule has 0 heterocycles. The minimum atomic E-state index is -1.28. The molecule has 0 radical (unpaired) electrons. The maximum Gasteiger partial charge on any atom is 0.371 e. The molecule has 0 aliphatic rings. The molecule has 72 valence electrons. The summed E-state index contributed by atoms with van der Waals surface area (Å²) in [6.07, 6.45) is 1.27. The average Bonchev–Trinajstić information content (AvgIpc) is 2.18. The van der Waals surface area contributed by atoms with Crippen LogP contribution >= 0.6 is 0 Å². The van der Waals surface area contributed by atoms with Crippen molar-refractivity contribution in [2.75, 3.05) is 0 Å². The fraction of sp³-hybridized carbons (Fsp3) is 0. The van der Waals surface area contributed by atoms with Gasteiger partial charge >= 0.3 is 5.97 Å². The number of benzene rings is 1. The van der Waals surface area contributed by atoms with Gasteiger partial charge in [0.15, 0.2) is 0 Å². The molecule has 0 spiro atoms. The van der Waals surface area contributed by atoms with Crippen LogP contribution in [0, 0.1) is 0 Å². The molecule has 0 aliphatic heterocycles. The van der Waals surface area contributed by atoms with Crippen molar-refractivity contribution >= 4 is 18.5 Å². The van der Waals surface area contributed by atoms with E-state index in [1.165, 1.54) is 6.08 Å². The molecule has 4 heteroatoms. The maximum atomic E-state index is 10.5. The quantitative estimate of drug-likeness (QED) is 0.443. The Morgan fingerprint density at radius 1 is 1.29 bits per heavy atom. The third-order valence-electron chi connectivity index (χ3n) is 1.48. The number of ether oxygens (including phenoxy) is 1. The minimum Gasteiger partial charge on any atom is -0.475 e. The molecule has 1 aromatic rings. The predicted molar refractivity (Wildman–Crippen MR) is 49.2 cm³/mol. The monoisotopic (exact) mass is 192 g/mol. The number of carboxylic acid groups (broad SMARTS) is 1. The lowest BCUT2D eigenvalue weighted by molar-refractivity contribution is -0.141. The predicted octanol–water partition coefficient (Wildman–Crippen LogP) is 1.29. The molecule has 0 amide bonds. The summed E-state index contributed by atoms with van der Waals surface area (Å²) in [6.45, 7) is 0.0862. The lowest BCUT2D eigenvalue weighted by Crippen LogP contribution is -2.03. The van der Waals surface area contributed by atoms with E-state index in [1.54, 1.807) is 30.3 Å². The van der Waals surface area contributed by atoms with Crippen molar-refractivity contribution in [3.05, 3.63) is 41.7 Å². The van der Waals surface area contributed by atoms with Crippen LogP contribution in [0.1, 0.15) is 5.56 Å². The van der Waals surface area contributed by atoms with Crippen LogP contribution in [-0.4, -0.2) is 17.5 Å². The van der Waals surface area contributed by atoms with Gasteiger partial charge in [-0.15, -0.1) is 0 Å². The molecule has 1 rings (SSSR count). The van der Waals surface area contributed by atoms with Gasteiger partial charge < -0.3 is 9.84 Å². The van der Waals surface area contributed by atoms with Crippen molar-refractivity contribution in [2.45, 2.75) is 0 Å². The fourth-order valence-electron chi connectivity index (χ4n) is 0.899. The largest absolute Gasteiger partial charge is 0.475 e. The maximum absolute atomic E-state index is 10.5. The Morgan fingerprint density at radius 3 is 2.43 bits per heavy atom. The summed E-state index contributed by atoms with van der Waals surface area (Å²) in [4.78, 5) is 20.5. The van der Waals surface area contributed by atoms with Gasteiger partial charge in [0.2, 0.25) is 5.76 Å². The second kappa shape index (κ2) is 4.81. The van der Waals surface area contributed by atoms with E-state index in [2.05, 4.69) is 4.74 Å². The van der Waals surface area contributed by atoms with Crippen molar-refractivity contribution in [2.24, 2.45) is 0 Å². The van der Waals surface area contributed by atoms with E-state index in [0.717, 1.165) is 0 Å². The van der Waals surface area contributed by atoms with Crippen LogP contribution < -0.4 is 0 Å². The molecule has 0 saturated carbocycles. The second-order valence-corrected chi connectivity index (χ2v) is 2.44. The van der Waals surface area contributed by atoms with Crippen LogP contribution in [0.5, 0.6) is 0 Å². The number of carbonyl (C=O) groups is 2. The SMILES string of the molecule is O=COC(=Cc1ccccc1)C(=O)O. The van der Waals surface area contributed by atoms with Crippen LogP contribution in [0.2, 0.25) is 0 Å². The molecular formula is C10H8O4. The highest BCUT2D eigenvalue weighted by Crippen LogP contribution is 2.06. The Bertz CT molecular complexity index is 354. The normalized spacial score (nSPS) is 10.7. The van der Waals surface area contributed by atoms with Crippen molar-refractivity contribution in [3.8, 4) is 0 Å². The molecule has 1 N–H and O–H groups in total. The van der Waals surface area contributed by atoms with Crippen LogP contribution in [0.15, 0.2) is 36.1 Å². The summed E-state index contributed by atoms with van der Waals surface area (Å²) in [6, 6.07) is 8.73. The van der Waals surface area contributed by atoms with E-state index < -0.39 is 11.7 Å². The number of rotatable bonds is 4. The standard InChI is InChI=1S/C10H8O4/c11-7-14-9(10(12)13)6-8-4-2-1-3-5-8/h1-7H,(H,12,13). The van der Waals surface area contributed by atoms with Crippen LogP contribution in [-0.2, 0) is 14.3 Å². The number of aliphatic carboxylic acids is 1. The first-order valence-electron chi connectivity index (χ1n) is 3.84. The van der Waals surface area contributed by atoms with Crippen LogP contribution in [0.3, 0.4) is 0 Å². The number of carboxylic acids is 1. The van der Waals surface area contributed by atoms with Gasteiger partial charge in [-0.25, -0.2) is 4.79 Å². The smallest absolute Gasteiger partial charge is 0.371 e. The summed E-state index contributed by atoms with van der Waals surface area (Å²) in [5.74, 6) is -1.67. The molecule has 4 nitrogen and oxygen atoms in total. The van der Waals surface area contributed by atoms with Crippen LogP contribution in [0.4, 0.5) is 0 Å². The first-order chi connectivity index (χ1) is 6.74. The summed E-state index contributed by atoms with van der Waals surface area (Å²) >= 11 is 0. The number of hydrogen-bond acceptors (Lipinski definition) is 3. The fourth-order valence-corrected chi connectivity index (χ4v) is 0.899. The van der Waals surface area contributed by atoms with Crippen molar-refractivity contribution in [1.82, 2.24) is 0 Å². The first-order valence-corrected chi connectivity index (χ1v) is 3.84. The van der Waals surface area contributed by atoms with Crippen molar-refractivity contribution < 1.29 is 19.4 Å². The van der Waals surface area contributed by atoms with Gasteiger partial charge in [-0.3, -0.25) is 4.79 Å². The number of hydrogen-bond donors (Lipinski definition) is 1. The minimum absolute atomic E-state index is 0.0862. The zero-order valence-corrected chi connectivity index (χ0v) is 7.21. The molecular weight excluding hydrogens is 184 g/mol. The molecule has 14 heavy (non-hydrogen) atoms. The van der Waals surface area contributed by atoms with Gasteiger partial charge in [0, 0.05) is 0 Å². The van der Waals surface area contributed by atoms with E-state index >= 15 is 0 Å². The highest BCUT2D eigenvalue weighted by molar-refractivity contribution is 5.91. The highest BCUT2D eigenvalue weighted by atomic mass is 16.5. The van der Waals surface area contributed by atoms with Gasteiger partial charge in [-0.1, -0.05) is 30.3 Å². The Kier molecular flexibility index (Phi) is 3.43. The van der Waals surface area contributed by atoms with Crippen LogP contribution in [0.25, 0.3) is 6.08 Å². The Labute approximate surface area is 80.4 Å². The van der Waals surface area contributed by atoms with Gasteiger partial charge in [0.05, 0.1) is 0 Å². The lowest BCUT2D eigenvalue weighted by Gasteiger charge is -1.98. The van der Waals surface area contributed by atoms with Gasteiger partial charge in [-0.05, 0) is 11.6 Å². The Morgan fingerprint density at radius 2 is 1.93 bits per heavy atom. The molecule has 0 saturated heterocycles. The lowest BCUT2D eigenvalue weighted by atomic mass is 10.2. The zero-order chi connectivity index (χ0) is 10.4. The third-order valence-corrected chi connectivity index (χ3v) is 1.48. The number of carbonyl (C=O) groups excluding carboxylic acids is 1. The molecule has 0 fully saturated rings. The molecule has 0 bridgehead atoms. The van der Waals surface area contributed by atoms with Gasteiger partial charge in [0.25, 0.3) is 6.47 Å². The van der Waals surface area contributed by atoms with Crippen molar-refractivity contribution in [1.29, 1.82) is 0 Å². The summed E-state index contributed by atoms with van der Waals surface area (Å²) in [7, 11) is 0. The van der Waals surface area contributed by atoms with E-state index in [4.69, 9.17) is 5.11 Å². The topological polar surface area (TPSA) is 63.6 Å². The Hall–Kier alpha value is -2.10. The summed E-state index contributed by atoms with van der Waals surface area (Å²) < 4.78 is 4.29. The summed E-state index contributed by atoms with van der Waals surface area (Å²) in [5.41, 5.74) is 0.659. The van der Waals surface area contributed by atoms with E-state index in [-0.39, 0.29) is 6.47 Å². The summed E-state index contributed by atoms with van der Waals surface area (Å²) in [5, 5.41) is 8.61. The molecule has 1 aromatic carbocycles. The van der Waals surface area contributed by atoms with E-state index in [1.807, 2.05) is 0 Å². The van der Waals surface area contributed by atoms with Crippen molar-refractivity contribution in [3.63, 3.8) is 0 Å². The molecule has 0 unspecified atom stereocenters.